The molecule has 0 radical (unpaired) electrons. The molecule has 0 aromatic carbocycles. The minimum absolute atomic E-state index is 0.205. The van der Waals surface area contributed by atoms with Crippen molar-refractivity contribution in [1.29, 1.82) is 0 Å². The Kier molecular flexibility index (Phi) is 5.70. The second kappa shape index (κ2) is 5.72. The number of halogens is 1. The Morgan fingerprint density at radius 1 is 1.60 bits per heavy atom. The molecule has 0 saturated carbocycles. The molecule has 0 N–H and O–H groups in total. The van der Waals surface area contributed by atoms with Crippen molar-refractivity contribution in [3.05, 3.63) is 0 Å². The maximum absolute atomic E-state index is 10.4. The van der Waals surface area contributed by atoms with Crippen LogP contribution in [0.2, 0.25) is 0 Å². The predicted octanol–water partition coefficient (Wildman–Crippen LogP) is 2.97. The van der Waals surface area contributed by atoms with Crippen molar-refractivity contribution in [2.45, 2.75) is 39.5 Å². The van der Waals surface area contributed by atoms with E-state index in [1.165, 1.54) is 12.8 Å². The van der Waals surface area contributed by atoms with Gasteiger partial charge in [0.15, 0.2) is 0 Å². The van der Waals surface area contributed by atoms with Crippen LogP contribution in [0.3, 0.4) is 0 Å². The topological polar surface area (TPSA) is 17.1 Å². The largest absolute Gasteiger partial charge is 0.281 e. The molecule has 0 aliphatic carbocycles. The van der Waals surface area contributed by atoms with Crippen molar-refractivity contribution in [3.63, 3.8) is 0 Å². The molecule has 0 aromatic heterocycles. The van der Waals surface area contributed by atoms with Crippen molar-refractivity contribution in [1.82, 2.24) is 0 Å². The van der Waals surface area contributed by atoms with Gasteiger partial charge in [0.1, 0.15) is 0 Å². The summed E-state index contributed by atoms with van der Waals surface area (Å²) in [5.74, 6) is 0.463. The van der Waals surface area contributed by atoms with Crippen LogP contribution < -0.4 is 0 Å². The summed E-state index contributed by atoms with van der Waals surface area (Å²) >= 11 is 5.21. The second-order valence-electron chi connectivity index (χ2n) is 2.81. The third-order valence-corrected chi connectivity index (χ3v) is 1.71. The van der Waals surface area contributed by atoms with Gasteiger partial charge in [-0.2, -0.15) is 0 Å². The quantitative estimate of drug-likeness (QED) is 0.568. The molecular weight excluding hydrogens is 148 g/mol. The minimum Gasteiger partial charge on any atom is -0.281 e. The van der Waals surface area contributed by atoms with Crippen LogP contribution in [0.5, 0.6) is 0 Å². The molecule has 0 spiro atoms. The van der Waals surface area contributed by atoms with Crippen molar-refractivity contribution in [3.8, 4) is 0 Å². The van der Waals surface area contributed by atoms with Gasteiger partial charge >= 0.3 is 0 Å². The van der Waals surface area contributed by atoms with Crippen molar-refractivity contribution < 1.29 is 4.79 Å². The Morgan fingerprint density at radius 3 is 2.60 bits per heavy atom. The van der Waals surface area contributed by atoms with Crippen LogP contribution in [0.15, 0.2) is 0 Å². The van der Waals surface area contributed by atoms with Crippen LogP contribution in [-0.2, 0) is 4.79 Å². The van der Waals surface area contributed by atoms with Gasteiger partial charge < -0.3 is 0 Å². The van der Waals surface area contributed by atoms with E-state index in [1.807, 2.05) is 0 Å². The van der Waals surface area contributed by atoms with Gasteiger partial charge in [-0.05, 0) is 17.5 Å². The van der Waals surface area contributed by atoms with Crippen LogP contribution >= 0.6 is 11.6 Å². The molecule has 0 unspecified atom stereocenters. The smallest absolute Gasteiger partial charge is 0.221 e. The van der Waals surface area contributed by atoms with Crippen molar-refractivity contribution in [2.75, 3.05) is 0 Å². The summed E-state index contributed by atoms with van der Waals surface area (Å²) in [6, 6.07) is 0. The first kappa shape index (κ1) is 9.96. The molecule has 2 heteroatoms. The predicted molar refractivity (Wildman–Crippen MR) is 44.2 cm³/mol. The molecule has 1 atom stereocenters. The van der Waals surface area contributed by atoms with E-state index in [-0.39, 0.29) is 5.24 Å². The zero-order chi connectivity index (χ0) is 7.98. The maximum Gasteiger partial charge on any atom is 0.221 e. The lowest BCUT2D eigenvalue weighted by molar-refractivity contribution is -0.112. The molecule has 0 fully saturated rings. The van der Waals surface area contributed by atoms with E-state index in [2.05, 4.69) is 13.8 Å². The van der Waals surface area contributed by atoms with Crippen molar-refractivity contribution in [2.24, 2.45) is 5.92 Å². The van der Waals surface area contributed by atoms with Gasteiger partial charge in [-0.15, -0.1) is 0 Å². The first-order valence-corrected chi connectivity index (χ1v) is 4.23. The lowest BCUT2D eigenvalue weighted by Crippen LogP contribution is -1.99. The van der Waals surface area contributed by atoms with E-state index >= 15 is 0 Å². The summed E-state index contributed by atoms with van der Waals surface area (Å²) in [5.41, 5.74) is 0. The van der Waals surface area contributed by atoms with Gasteiger partial charge in [-0.3, -0.25) is 4.79 Å². The molecule has 0 saturated heterocycles. The van der Waals surface area contributed by atoms with Crippen LogP contribution in [-0.4, -0.2) is 5.24 Å². The number of unbranched alkanes of at least 4 members (excludes halogenated alkanes) is 1. The molecule has 0 aliphatic heterocycles. The molecule has 1 nitrogen and oxygen atoms in total. The summed E-state index contributed by atoms with van der Waals surface area (Å²) in [6.07, 6.45) is 4.04. The highest BCUT2D eigenvalue weighted by atomic mass is 35.5. The highest BCUT2D eigenvalue weighted by Gasteiger charge is 2.04. The standard InChI is InChI=1S/C8H15ClO/c1-3-4-5-7(2)6-8(9)10/h7H,3-6H2,1-2H3/t7-/m1/s1. The van der Waals surface area contributed by atoms with E-state index < -0.39 is 0 Å². The van der Waals surface area contributed by atoms with E-state index in [0.717, 1.165) is 6.42 Å². The third-order valence-electron chi connectivity index (χ3n) is 1.56. The van der Waals surface area contributed by atoms with E-state index in [4.69, 9.17) is 11.6 Å². The minimum atomic E-state index is -0.205. The highest BCUT2D eigenvalue weighted by molar-refractivity contribution is 6.63. The molecule has 0 rings (SSSR count). The van der Waals surface area contributed by atoms with E-state index in [1.54, 1.807) is 0 Å². The fourth-order valence-corrected chi connectivity index (χ4v) is 1.19. The normalized spacial score (nSPS) is 13.1. The number of rotatable bonds is 5. The molecule has 0 bridgehead atoms. The zero-order valence-corrected chi connectivity index (χ0v) is 7.45. The van der Waals surface area contributed by atoms with Crippen LogP contribution in [0, 0.1) is 5.92 Å². The van der Waals surface area contributed by atoms with Crippen LogP contribution in [0.4, 0.5) is 0 Å². The second-order valence-corrected chi connectivity index (χ2v) is 3.23. The number of hydrogen-bond acceptors (Lipinski definition) is 1. The Labute approximate surface area is 67.8 Å². The molecule has 60 valence electrons. The lowest BCUT2D eigenvalue weighted by atomic mass is 10.0. The van der Waals surface area contributed by atoms with Crippen LogP contribution in [0.1, 0.15) is 39.5 Å². The highest BCUT2D eigenvalue weighted by Crippen LogP contribution is 2.12. The first-order valence-electron chi connectivity index (χ1n) is 3.85. The van der Waals surface area contributed by atoms with Gasteiger partial charge in [0.2, 0.25) is 5.24 Å². The number of carbonyl (C=O) groups excluding carboxylic acids is 1. The molecule has 0 amide bonds. The number of hydrogen-bond donors (Lipinski definition) is 0. The summed E-state index contributed by atoms with van der Waals surface area (Å²) in [5, 5.41) is -0.205. The number of carbonyl (C=O) groups is 1. The summed E-state index contributed by atoms with van der Waals surface area (Å²) in [7, 11) is 0. The van der Waals surface area contributed by atoms with Gasteiger partial charge in [-0.25, -0.2) is 0 Å². The molecular formula is C8H15ClO. The summed E-state index contributed by atoms with van der Waals surface area (Å²) in [6.45, 7) is 4.21. The average Bonchev–Trinajstić information content (AvgIpc) is 1.82. The lowest BCUT2D eigenvalue weighted by Gasteiger charge is -2.05. The molecule has 0 aliphatic rings. The van der Waals surface area contributed by atoms with E-state index in [0.29, 0.717) is 12.3 Å². The molecule has 10 heavy (non-hydrogen) atoms. The molecule has 0 heterocycles. The Hall–Kier alpha value is -0.0400. The third kappa shape index (κ3) is 6.09. The maximum atomic E-state index is 10.4. The van der Waals surface area contributed by atoms with Gasteiger partial charge in [0.25, 0.3) is 0 Å². The van der Waals surface area contributed by atoms with Gasteiger partial charge in [0, 0.05) is 6.42 Å². The van der Waals surface area contributed by atoms with Gasteiger partial charge in [-0.1, -0.05) is 33.1 Å². The monoisotopic (exact) mass is 162 g/mol. The first-order chi connectivity index (χ1) is 4.66. The average molecular weight is 163 g/mol. The van der Waals surface area contributed by atoms with Gasteiger partial charge in [0.05, 0.1) is 0 Å². The Balaban J connectivity index is 3.25. The Bertz CT molecular complexity index is 101. The Morgan fingerprint density at radius 2 is 2.20 bits per heavy atom. The van der Waals surface area contributed by atoms with E-state index in [9.17, 15) is 4.79 Å². The summed E-state index contributed by atoms with van der Waals surface area (Å²) in [4.78, 5) is 10.4. The summed E-state index contributed by atoms with van der Waals surface area (Å²) < 4.78 is 0. The molecule has 0 aromatic rings. The fraction of sp³-hybridized carbons (Fsp3) is 0.875. The van der Waals surface area contributed by atoms with Crippen LogP contribution in [0.25, 0.3) is 0 Å². The fourth-order valence-electron chi connectivity index (χ4n) is 0.929. The SMILES string of the molecule is CCCC[C@@H](C)CC(=O)Cl. The van der Waals surface area contributed by atoms with Crippen molar-refractivity contribution >= 4 is 16.8 Å². The zero-order valence-electron chi connectivity index (χ0n) is 6.69.